The lowest BCUT2D eigenvalue weighted by Crippen LogP contribution is -2.07. The number of nitrogens with zero attached hydrogens (tertiary/aromatic N) is 1. The molecule has 2 nitrogen and oxygen atoms in total. The van der Waals surface area contributed by atoms with Crippen LogP contribution < -0.4 is 4.74 Å². The van der Waals surface area contributed by atoms with E-state index in [1.807, 2.05) is 26.0 Å². The van der Waals surface area contributed by atoms with E-state index in [0.717, 1.165) is 12.8 Å². The summed E-state index contributed by atoms with van der Waals surface area (Å²) < 4.78 is 5.60. The highest BCUT2D eigenvalue weighted by molar-refractivity contribution is 5.45. The number of benzene rings is 1. The second kappa shape index (κ2) is 6.30. The van der Waals surface area contributed by atoms with Crippen molar-refractivity contribution in [1.29, 1.82) is 5.26 Å². The third kappa shape index (κ3) is 4.11. The van der Waals surface area contributed by atoms with Crippen molar-refractivity contribution in [3.63, 3.8) is 0 Å². The molecule has 1 aromatic rings. The summed E-state index contributed by atoms with van der Waals surface area (Å²) in [5, 5.41) is 9.12. The zero-order valence-corrected chi connectivity index (χ0v) is 11.2. The number of ether oxygens (including phenoxy) is 1. The molecule has 1 atom stereocenters. The van der Waals surface area contributed by atoms with Crippen LogP contribution in [-0.2, 0) is 6.42 Å². The van der Waals surface area contributed by atoms with Crippen LogP contribution in [0, 0.1) is 17.2 Å². The average molecular weight is 231 g/mol. The van der Waals surface area contributed by atoms with Crippen LogP contribution in [0.2, 0.25) is 0 Å². The molecule has 0 saturated heterocycles. The maximum absolute atomic E-state index is 9.12. The maximum Gasteiger partial charge on any atom is 0.137 e. The van der Waals surface area contributed by atoms with E-state index in [4.69, 9.17) is 10.00 Å². The molecule has 0 radical (unpaired) electrons. The fourth-order valence-electron chi connectivity index (χ4n) is 1.69. The van der Waals surface area contributed by atoms with Crippen molar-refractivity contribution in [3.05, 3.63) is 29.3 Å². The van der Waals surface area contributed by atoms with Gasteiger partial charge in [0.15, 0.2) is 0 Å². The summed E-state index contributed by atoms with van der Waals surface area (Å²) >= 11 is 0. The third-order valence-corrected chi connectivity index (χ3v) is 2.81. The largest absolute Gasteiger partial charge is 0.490 e. The molecule has 0 bridgehead atoms. The lowest BCUT2D eigenvalue weighted by molar-refractivity contribution is 0.241. The molecule has 0 heterocycles. The molecule has 1 unspecified atom stereocenters. The average Bonchev–Trinajstić information content (AvgIpc) is 2.30. The lowest BCUT2D eigenvalue weighted by atomic mass is 9.97. The molecule has 0 aliphatic heterocycles. The van der Waals surface area contributed by atoms with Crippen LogP contribution >= 0.6 is 0 Å². The highest BCUT2D eigenvalue weighted by Gasteiger charge is 2.08. The first-order chi connectivity index (χ1) is 8.06. The van der Waals surface area contributed by atoms with Gasteiger partial charge in [0.2, 0.25) is 0 Å². The minimum atomic E-state index is 0.0996. The van der Waals surface area contributed by atoms with Gasteiger partial charge in [0, 0.05) is 0 Å². The van der Waals surface area contributed by atoms with Crippen molar-refractivity contribution >= 4 is 0 Å². The van der Waals surface area contributed by atoms with Gasteiger partial charge in [-0.2, -0.15) is 5.26 Å². The Balaban J connectivity index is 2.89. The third-order valence-electron chi connectivity index (χ3n) is 2.81. The van der Waals surface area contributed by atoms with Gasteiger partial charge in [0.05, 0.1) is 11.7 Å². The monoisotopic (exact) mass is 231 g/mol. The van der Waals surface area contributed by atoms with E-state index in [9.17, 15) is 0 Å². The summed E-state index contributed by atoms with van der Waals surface area (Å²) in [5.74, 6) is 1.34. The van der Waals surface area contributed by atoms with Gasteiger partial charge < -0.3 is 4.74 Å². The Bertz CT molecular complexity index is 404. The van der Waals surface area contributed by atoms with E-state index >= 15 is 0 Å². The lowest BCUT2D eigenvalue weighted by Gasteiger charge is -2.13. The van der Waals surface area contributed by atoms with Crippen LogP contribution in [0.25, 0.3) is 0 Å². The molecular formula is C15H21NO. The Morgan fingerprint density at radius 1 is 1.29 bits per heavy atom. The second-order valence-electron chi connectivity index (χ2n) is 4.83. The number of hydrogen-bond acceptors (Lipinski definition) is 2. The SMILES string of the molecule is CCC(C)Cc1ccc(OC(C)C)c(C#N)c1. The van der Waals surface area contributed by atoms with Gasteiger partial charge in [-0.15, -0.1) is 0 Å². The van der Waals surface area contributed by atoms with Crippen LogP contribution in [0.5, 0.6) is 5.75 Å². The topological polar surface area (TPSA) is 33.0 Å². The summed E-state index contributed by atoms with van der Waals surface area (Å²) in [6.07, 6.45) is 2.28. The fourth-order valence-corrected chi connectivity index (χ4v) is 1.69. The molecule has 0 saturated carbocycles. The summed E-state index contributed by atoms with van der Waals surface area (Å²) in [6, 6.07) is 8.13. The molecule has 0 fully saturated rings. The minimum Gasteiger partial charge on any atom is -0.490 e. The molecule has 1 aromatic carbocycles. The highest BCUT2D eigenvalue weighted by Crippen LogP contribution is 2.22. The van der Waals surface area contributed by atoms with E-state index in [0.29, 0.717) is 17.2 Å². The Morgan fingerprint density at radius 3 is 2.53 bits per heavy atom. The summed E-state index contributed by atoms with van der Waals surface area (Å²) in [7, 11) is 0. The standard InChI is InChI=1S/C15H21NO/c1-5-12(4)8-13-6-7-15(17-11(2)3)14(9-13)10-16/h6-7,9,11-12H,5,8H2,1-4H3. The Labute approximate surface area is 104 Å². The van der Waals surface area contributed by atoms with Gasteiger partial charge in [-0.1, -0.05) is 26.3 Å². The van der Waals surface area contributed by atoms with Crippen LogP contribution in [0.1, 0.15) is 45.2 Å². The van der Waals surface area contributed by atoms with Crippen molar-refractivity contribution in [2.45, 2.75) is 46.6 Å². The second-order valence-corrected chi connectivity index (χ2v) is 4.83. The highest BCUT2D eigenvalue weighted by atomic mass is 16.5. The van der Waals surface area contributed by atoms with E-state index < -0.39 is 0 Å². The smallest absolute Gasteiger partial charge is 0.137 e. The first-order valence-corrected chi connectivity index (χ1v) is 6.26. The molecule has 0 aliphatic carbocycles. The first-order valence-electron chi connectivity index (χ1n) is 6.26. The number of nitriles is 1. The van der Waals surface area contributed by atoms with Crippen molar-refractivity contribution in [3.8, 4) is 11.8 Å². The van der Waals surface area contributed by atoms with Gasteiger partial charge in [-0.25, -0.2) is 0 Å². The van der Waals surface area contributed by atoms with Crippen molar-refractivity contribution in [2.75, 3.05) is 0 Å². The normalized spacial score (nSPS) is 12.2. The molecule has 0 amide bonds. The molecule has 0 aliphatic rings. The molecule has 0 N–H and O–H groups in total. The summed E-state index contributed by atoms with van der Waals surface area (Å²) in [5.41, 5.74) is 1.85. The fraction of sp³-hybridized carbons (Fsp3) is 0.533. The molecule has 92 valence electrons. The molecule has 1 rings (SSSR count). The number of hydrogen-bond donors (Lipinski definition) is 0. The molecule has 0 aromatic heterocycles. The van der Waals surface area contributed by atoms with E-state index in [2.05, 4.69) is 26.0 Å². The van der Waals surface area contributed by atoms with Crippen LogP contribution in [0.3, 0.4) is 0 Å². The van der Waals surface area contributed by atoms with Crippen molar-refractivity contribution in [2.24, 2.45) is 5.92 Å². The van der Waals surface area contributed by atoms with Gasteiger partial charge in [0.1, 0.15) is 11.8 Å². The van der Waals surface area contributed by atoms with Gasteiger partial charge in [0.25, 0.3) is 0 Å². The Morgan fingerprint density at radius 2 is 2.00 bits per heavy atom. The zero-order valence-electron chi connectivity index (χ0n) is 11.2. The molecule has 17 heavy (non-hydrogen) atoms. The first kappa shape index (κ1) is 13.6. The predicted molar refractivity (Wildman–Crippen MR) is 70.1 cm³/mol. The molecule has 0 spiro atoms. The van der Waals surface area contributed by atoms with E-state index in [1.165, 1.54) is 5.56 Å². The Hall–Kier alpha value is -1.49. The van der Waals surface area contributed by atoms with Crippen LogP contribution in [0.15, 0.2) is 18.2 Å². The Kier molecular flexibility index (Phi) is 5.03. The van der Waals surface area contributed by atoms with Crippen molar-refractivity contribution in [1.82, 2.24) is 0 Å². The van der Waals surface area contributed by atoms with Gasteiger partial charge >= 0.3 is 0 Å². The van der Waals surface area contributed by atoms with E-state index in [1.54, 1.807) is 0 Å². The summed E-state index contributed by atoms with van der Waals surface area (Å²) in [4.78, 5) is 0. The zero-order chi connectivity index (χ0) is 12.8. The summed E-state index contributed by atoms with van der Waals surface area (Å²) in [6.45, 7) is 8.35. The predicted octanol–water partition coefficient (Wildman–Crippen LogP) is 3.93. The van der Waals surface area contributed by atoms with E-state index in [-0.39, 0.29) is 6.10 Å². The van der Waals surface area contributed by atoms with Crippen LogP contribution in [0.4, 0.5) is 0 Å². The van der Waals surface area contributed by atoms with Gasteiger partial charge in [-0.05, 0) is 43.9 Å². The minimum absolute atomic E-state index is 0.0996. The molecular weight excluding hydrogens is 210 g/mol. The van der Waals surface area contributed by atoms with Crippen molar-refractivity contribution < 1.29 is 4.74 Å². The van der Waals surface area contributed by atoms with Crippen LogP contribution in [-0.4, -0.2) is 6.10 Å². The molecule has 2 heteroatoms. The van der Waals surface area contributed by atoms with Gasteiger partial charge in [-0.3, -0.25) is 0 Å². The number of rotatable bonds is 5. The quantitative estimate of drug-likeness (QED) is 0.769. The maximum atomic E-state index is 9.12.